The number of thiazole rings is 1. The molecule has 3 amide bonds. The number of amides is 3. The molecule has 2 aromatic carbocycles. The first kappa shape index (κ1) is 19.6. The average Bonchev–Trinajstić information content (AvgIpc) is 3.02. The fourth-order valence-electron chi connectivity index (χ4n) is 2.69. The van der Waals surface area contributed by atoms with Gasteiger partial charge in [0.15, 0.2) is 5.13 Å². The molecule has 0 saturated heterocycles. The maximum atomic E-state index is 12.4. The second kappa shape index (κ2) is 9.14. The number of nitrogens with zero attached hydrogens (tertiary/aromatic N) is 1. The third-order valence-electron chi connectivity index (χ3n) is 4.04. The number of urea groups is 1. The van der Waals surface area contributed by atoms with Gasteiger partial charge < -0.3 is 10.6 Å². The zero-order valence-electron chi connectivity index (χ0n) is 15.8. The van der Waals surface area contributed by atoms with Crippen molar-refractivity contribution < 1.29 is 9.59 Å². The molecule has 0 bridgehead atoms. The summed E-state index contributed by atoms with van der Waals surface area (Å²) in [4.78, 5) is 29.4. The number of aryl methyl sites for hydroxylation is 2. The van der Waals surface area contributed by atoms with E-state index in [1.54, 1.807) is 6.92 Å². The van der Waals surface area contributed by atoms with Gasteiger partial charge in [-0.15, -0.1) is 0 Å². The molecule has 0 aliphatic heterocycles. The van der Waals surface area contributed by atoms with Crippen LogP contribution in [0.3, 0.4) is 0 Å². The summed E-state index contributed by atoms with van der Waals surface area (Å²) < 4.78 is 0. The van der Waals surface area contributed by atoms with Crippen molar-refractivity contribution >= 4 is 34.1 Å². The van der Waals surface area contributed by atoms with E-state index < -0.39 is 6.03 Å². The first-order valence-corrected chi connectivity index (χ1v) is 9.77. The Morgan fingerprint density at radius 2 is 1.79 bits per heavy atom. The SMILES string of the molecule is Cc1cccc(NC(=O)Nc2nc(C)c(C(=O)NCCc3ccccc3)s2)c1. The molecule has 0 fully saturated rings. The summed E-state index contributed by atoms with van der Waals surface area (Å²) in [5.41, 5.74) is 3.51. The highest BCUT2D eigenvalue weighted by molar-refractivity contribution is 7.17. The van der Waals surface area contributed by atoms with Crippen LogP contribution in [0.25, 0.3) is 0 Å². The molecule has 0 radical (unpaired) electrons. The summed E-state index contributed by atoms with van der Waals surface area (Å²) in [7, 11) is 0. The summed E-state index contributed by atoms with van der Waals surface area (Å²) in [6.07, 6.45) is 0.758. The van der Waals surface area contributed by atoms with Gasteiger partial charge in [-0.1, -0.05) is 53.8 Å². The van der Waals surface area contributed by atoms with Gasteiger partial charge in [-0.05, 0) is 43.5 Å². The molecule has 7 heteroatoms. The van der Waals surface area contributed by atoms with Gasteiger partial charge in [0, 0.05) is 12.2 Å². The molecule has 0 spiro atoms. The smallest absolute Gasteiger partial charge is 0.325 e. The standard InChI is InChI=1S/C21H22N4O2S/c1-14-7-6-10-17(13-14)24-20(27)25-21-23-15(2)18(28-21)19(26)22-12-11-16-8-4-3-5-9-16/h3-10,13H,11-12H2,1-2H3,(H,22,26)(H2,23,24,25,27). The van der Waals surface area contributed by atoms with Crippen LogP contribution < -0.4 is 16.0 Å². The Bertz CT molecular complexity index is 970. The quantitative estimate of drug-likeness (QED) is 0.580. The average molecular weight is 395 g/mol. The highest BCUT2D eigenvalue weighted by Gasteiger charge is 2.16. The van der Waals surface area contributed by atoms with E-state index in [4.69, 9.17) is 0 Å². The fourth-order valence-corrected chi connectivity index (χ4v) is 3.57. The number of anilines is 2. The lowest BCUT2D eigenvalue weighted by Gasteiger charge is -2.06. The summed E-state index contributed by atoms with van der Waals surface area (Å²) in [6, 6.07) is 17.1. The highest BCUT2D eigenvalue weighted by Crippen LogP contribution is 2.22. The Morgan fingerprint density at radius 1 is 1.00 bits per heavy atom. The molecule has 0 aliphatic carbocycles. The van der Waals surface area contributed by atoms with Crippen molar-refractivity contribution in [3.63, 3.8) is 0 Å². The molecule has 3 aromatic rings. The number of aromatic nitrogens is 1. The normalized spacial score (nSPS) is 10.4. The van der Waals surface area contributed by atoms with E-state index in [9.17, 15) is 9.59 Å². The lowest BCUT2D eigenvalue weighted by Crippen LogP contribution is -2.25. The Labute approximate surface area is 168 Å². The van der Waals surface area contributed by atoms with Gasteiger partial charge in [-0.3, -0.25) is 10.1 Å². The molecule has 0 saturated carbocycles. The van der Waals surface area contributed by atoms with Gasteiger partial charge in [-0.25, -0.2) is 9.78 Å². The summed E-state index contributed by atoms with van der Waals surface area (Å²) in [5, 5.41) is 8.73. The zero-order valence-corrected chi connectivity index (χ0v) is 16.6. The molecule has 6 nitrogen and oxygen atoms in total. The van der Waals surface area contributed by atoms with E-state index in [0.717, 1.165) is 23.3 Å². The van der Waals surface area contributed by atoms with Gasteiger partial charge in [0.1, 0.15) is 4.88 Å². The van der Waals surface area contributed by atoms with Gasteiger partial charge in [0.25, 0.3) is 5.91 Å². The summed E-state index contributed by atoms with van der Waals surface area (Å²) in [5.74, 6) is -0.182. The third kappa shape index (κ3) is 5.40. The molecule has 0 atom stereocenters. The number of rotatable bonds is 6. The second-order valence-corrected chi connectivity index (χ2v) is 7.37. The number of carbonyl (C=O) groups excluding carboxylic acids is 2. The van der Waals surface area contributed by atoms with Gasteiger partial charge in [0.2, 0.25) is 0 Å². The van der Waals surface area contributed by atoms with E-state index in [2.05, 4.69) is 20.9 Å². The number of hydrogen-bond acceptors (Lipinski definition) is 4. The van der Waals surface area contributed by atoms with Crippen LogP contribution in [0, 0.1) is 13.8 Å². The minimum atomic E-state index is -0.393. The van der Waals surface area contributed by atoms with E-state index in [1.165, 1.54) is 5.56 Å². The molecule has 3 rings (SSSR count). The van der Waals surface area contributed by atoms with Crippen LogP contribution in [0.4, 0.5) is 15.6 Å². The highest BCUT2D eigenvalue weighted by atomic mass is 32.1. The fraction of sp³-hybridized carbons (Fsp3) is 0.190. The maximum Gasteiger partial charge on any atom is 0.325 e. The molecule has 144 valence electrons. The van der Waals surface area contributed by atoms with Gasteiger partial charge in [-0.2, -0.15) is 0 Å². The van der Waals surface area contributed by atoms with Gasteiger partial charge >= 0.3 is 6.03 Å². The van der Waals surface area contributed by atoms with Crippen LogP contribution >= 0.6 is 11.3 Å². The molecule has 3 N–H and O–H groups in total. The lowest BCUT2D eigenvalue weighted by molar-refractivity contribution is 0.0957. The van der Waals surface area contributed by atoms with Crippen molar-refractivity contribution in [1.29, 1.82) is 0 Å². The zero-order chi connectivity index (χ0) is 19.9. The van der Waals surface area contributed by atoms with E-state index in [1.807, 2.05) is 61.5 Å². The number of nitrogens with one attached hydrogen (secondary N) is 3. The molecule has 0 aliphatic rings. The molecule has 1 aromatic heterocycles. The predicted molar refractivity (Wildman–Crippen MR) is 113 cm³/mol. The lowest BCUT2D eigenvalue weighted by atomic mass is 10.1. The van der Waals surface area contributed by atoms with Gasteiger partial charge in [0.05, 0.1) is 5.69 Å². The summed E-state index contributed by atoms with van der Waals surface area (Å²) in [6.45, 7) is 4.25. The van der Waals surface area contributed by atoms with Crippen molar-refractivity contribution in [3.05, 3.63) is 76.3 Å². The second-order valence-electron chi connectivity index (χ2n) is 6.37. The monoisotopic (exact) mass is 394 g/mol. The van der Waals surface area contributed by atoms with Crippen LogP contribution in [0.2, 0.25) is 0 Å². The third-order valence-corrected chi connectivity index (χ3v) is 5.11. The maximum absolute atomic E-state index is 12.4. The van der Waals surface area contributed by atoms with Crippen LogP contribution in [-0.4, -0.2) is 23.5 Å². The minimum Gasteiger partial charge on any atom is -0.351 e. The van der Waals surface area contributed by atoms with Crippen LogP contribution in [0.5, 0.6) is 0 Å². The molecular weight excluding hydrogens is 372 g/mol. The van der Waals surface area contributed by atoms with E-state index in [0.29, 0.717) is 27.9 Å². The number of benzene rings is 2. The Hall–Kier alpha value is -3.19. The summed E-state index contributed by atoms with van der Waals surface area (Å²) >= 11 is 1.16. The number of hydrogen-bond donors (Lipinski definition) is 3. The van der Waals surface area contributed by atoms with Crippen LogP contribution in [-0.2, 0) is 6.42 Å². The van der Waals surface area contributed by atoms with E-state index in [-0.39, 0.29) is 5.91 Å². The largest absolute Gasteiger partial charge is 0.351 e. The van der Waals surface area contributed by atoms with E-state index >= 15 is 0 Å². The molecule has 28 heavy (non-hydrogen) atoms. The molecule has 0 unspecified atom stereocenters. The predicted octanol–water partition coefficient (Wildman–Crippen LogP) is 4.38. The topological polar surface area (TPSA) is 83.1 Å². The molecule has 1 heterocycles. The van der Waals surface area contributed by atoms with Crippen molar-refractivity contribution in [3.8, 4) is 0 Å². The Balaban J connectivity index is 1.54. The Morgan fingerprint density at radius 3 is 2.54 bits per heavy atom. The van der Waals surface area contributed by atoms with Crippen molar-refractivity contribution in [1.82, 2.24) is 10.3 Å². The molecular formula is C21H22N4O2S. The number of carbonyl (C=O) groups is 2. The van der Waals surface area contributed by atoms with Crippen LogP contribution in [0.15, 0.2) is 54.6 Å². The Kier molecular flexibility index (Phi) is 6.39. The first-order valence-electron chi connectivity index (χ1n) is 8.95. The van der Waals surface area contributed by atoms with Crippen molar-refractivity contribution in [2.45, 2.75) is 20.3 Å². The van der Waals surface area contributed by atoms with Crippen molar-refractivity contribution in [2.75, 3.05) is 17.2 Å². The minimum absolute atomic E-state index is 0.182. The van der Waals surface area contributed by atoms with Crippen molar-refractivity contribution in [2.24, 2.45) is 0 Å². The van der Waals surface area contributed by atoms with Crippen LogP contribution in [0.1, 0.15) is 26.5 Å². The first-order chi connectivity index (χ1) is 13.5.